The van der Waals surface area contributed by atoms with Gasteiger partial charge in [0.2, 0.25) is 0 Å². The fourth-order valence-electron chi connectivity index (χ4n) is 4.11. The van der Waals surface area contributed by atoms with Crippen molar-refractivity contribution in [3.05, 3.63) is 101 Å². The number of phenols is 1. The number of anilines is 1. The number of nitrogens with zero attached hydrogens (tertiary/aromatic N) is 3. The number of aromatic nitrogens is 3. The van der Waals surface area contributed by atoms with Gasteiger partial charge in [0.25, 0.3) is 5.91 Å². The molecule has 0 atom stereocenters. The third-order valence-electron chi connectivity index (χ3n) is 5.87. The largest absolute Gasteiger partial charge is 0.508 e. The number of hydrogen-bond donors (Lipinski definition) is 4. The molecule has 5 rings (SSSR count). The SMILES string of the molecule is Cc1cc(C(=O)Nc2cccc(C(=O)c3ccc4c(C=Nc5cccc(O)c5)c(O)[nH]c4c3)c2)n(C)n1. The molecule has 0 aliphatic heterocycles. The zero-order chi connectivity index (χ0) is 26.1. The quantitative estimate of drug-likeness (QED) is 0.198. The summed E-state index contributed by atoms with van der Waals surface area (Å²) in [4.78, 5) is 33.1. The Labute approximate surface area is 211 Å². The molecular weight excluding hydrogens is 470 g/mol. The molecule has 0 bridgehead atoms. The molecule has 0 fully saturated rings. The maximum absolute atomic E-state index is 13.2. The van der Waals surface area contributed by atoms with Crippen LogP contribution in [-0.2, 0) is 7.05 Å². The maximum atomic E-state index is 13.2. The standard InChI is InChI=1S/C28H23N5O4/c1-16-11-25(33(2)32-16)28(37)30-20-7-3-5-17(12-20)26(35)18-9-10-22-23(27(36)31-24(22)13-18)15-29-19-6-4-8-21(34)14-19/h3-15,31,34,36H,1-2H3,(H,30,37). The second kappa shape index (κ2) is 9.46. The zero-order valence-electron chi connectivity index (χ0n) is 20.1. The number of hydrogen-bond acceptors (Lipinski definition) is 6. The van der Waals surface area contributed by atoms with Gasteiger partial charge in [0.1, 0.15) is 11.4 Å². The van der Waals surface area contributed by atoms with Crippen molar-refractivity contribution >= 4 is 40.2 Å². The molecule has 2 heterocycles. The van der Waals surface area contributed by atoms with Gasteiger partial charge in [0.05, 0.1) is 16.9 Å². The molecule has 9 nitrogen and oxygen atoms in total. The van der Waals surface area contributed by atoms with Crippen LogP contribution >= 0.6 is 0 Å². The molecular formula is C28H23N5O4. The van der Waals surface area contributed by atoms with E-state index in [-0.39, 0.29) is 23.3 Å². The minimum absolute atomic E-state index is 0.0846. The van der Waals surface area contributed by atoms with Crippen LogP contribution in [0.3, 0.4) is 0 Å². The highest BCUT2D eigenvalue weighted by molar-refractivity contribution is 6.13. The lowest BCUT2D eigenvalue weighted by Crippen LogP contribution is -2.16. The lowest BCUT2D eigenvalue weighted by Gasteiger charge is -2.08. The molecule has 0 saturated carbocycles. The highest BCUT2D eigenvalue weighted by Gasteiger charge is 2.16. The molecule has 0 saturated heterocycles. The summed E-state index contributed by atoms with van der Waals surface area (Å²) in [6, 6.07) is 19.9. The minimum Gasteiger partial charge on any atom is -0.508 e. The Morgan fingerprint density at radius 2 is 1.78 bits per heavy atom. The van der Waals surface area contributed by atoms with Crippen LogP contribution in [0.1, 0.15) is 37.7 Å². The second-order valence-electron chi connectivity index (χ2n) is 8.58. The number of aromatic hydroxyl groups is 2. The normalized spacial score (nSPS) is 11.3. The topological polar surface area (TPSA) is 133 Å². The van der Waals surface area contributed by atoms with E-state index in [1.54, 1.807) is 73.8 Å². The predicted molar refractivity (Wildman–Crippen MR) is 141 cm³/mol. The van der Waals surface area contributed by atoms with Crippen LogP contribution in [0.25, 0.3) is 10.9 Å². The van der Waals surface area contributed by atoms with Gasteiger partial charge in [-0.1, -0.05) is 30.3 Å². The van der Waals surface area contributed by atoms with Gasteiger partial charge in [-0.05, 0) is 43.3 Å². The Morgan fingerprint density at radius 3 is 2.54 bits per heavy atom. The van der Waals surface area contributed by atoms with Gasteiger partial charge in [-0.3, -0.25) is 19.3 Å². The minimum atomic E-state index is -0.323. The summed E-state index contributed by atoms with van der Waals surface area (Å²) in [7, 11) is 1.69. The van der Waals surface area contributed by atoms with E-state index in [0.717, 1.165) is 5.69 Å². The van der Waals surface area contributed by atoms with Crippen molar-refractivity contribution < 1.29 is 19.8 Å². The van der Waals surface area contributed by atoms with Gasteiger partial charge in [0, 0.05) is 47.0 Å². The highest BCUT2D eigenvalue weighted by atomic mass is 16.3. The number of H-pyrrole nitrogens is 1. The molecule has 0 radical (unpaired) electrons. The molecule has 2 aromatic heterocycles. The lowest BCUT2D eigenvalue weighted by molar-refractivity contribution is 0.101. The average molecular weight is 494 g/mol. The number of aliphatic imine (C=N–C) groups is 1. The molecule has 184 valence electrons. The first-order chi connectivity index (χ1) is 17.8. The monoisotopic (exact) mass is 493 g/mol. The summed E-state index contributed by atoms with van der Waals surface area (Å²) in [6.07, 6.45) is 1.50. The van der Waals surface area contributed by atoms with E-state index >= 15 is 0 Å². The number of ketones is 1. The van der Waals surface area contributed by atoms with Crippen molar-refractivity contribution in [1.82, 2.24) is 14.8 Å². The van der Waals surface area contributed by atoms with Crippen LogP contribution in [0.2, 0.25) is 0 Å². The average Bonchev–Trinajstić information content (AvgIpc) is 3.38. The number of phenolic OH excluding ortho intramolecular Hbond substituents is 1. The number of carbonyl (C=O) groups is 2. The molecule has 1 amide bonds. The van der Waals surface area contributed by atoms with Gasteiger partial charge >= 0.3 is 0 Å². The predicted octanol–water partition coefficient (Wildman–Crippen LogP) is 4.85. The van der Waals surface area contributed by atoms with Gasteiger partial charge in [-0.2, -0.15) is 5.10 Å². The van der Waals surface area contributed by atoms with Crippen LogP contribution in [0, 0.1) is 6.92 Å². The van der Waals surface area contributed by atoms with E-state index in [2.05, 4.69) is 20.4 Å². The Morgan fingerprint density at radius 1 is 1.00 bits per heavy atom. The van der Waals surface area contributed by atoms with Crippen LogP contribution in [0.15, 0.2) is 77.8 Å². The third-order valence-corrected chi connectivity index (χ3v) is 5.87. The Bertz CT molecular complexity index is 1700. The number of fused-ring (bicyclic) bond motifs is 1. The van der Waals surface area contributed by atoms with Gasteiger partial charge in [-0.25, -0.2) is 0 Å². The summed E-state index contributed by atoms with van der Waals surface area (Å²) < 4.78 is 1.50. The zero-order valence-corrected chi connectivity index (χ0v) is 20.1. The van der Waals surface area contributed by atoms with Crippen LogP contribution < -0.4 is 5.32 Å². The molecule has 0 aliphatic rings. The second-order valence-corrected chi connectivity index (χ2v) is 8.58. The molecule has 5 aromatic rings. The Balaban J connectivity index is 1.39. The van der Waals surface area contributed by atoms with Gasteiger partial charge < -0.3 is 20.5 Å². The molecule has 9 heteroatoms. The number of nitrogens with one attached hydrogen (secondary N) is 2. The van der Waals surface area contributed by atoms with Gasteiger partial charge in [-0.15, -0.1) is 0 Å². The fourth-order valence-corrected chi connectivity index (χ4v) is 4.11. The number of aryl methyl sites for hydroxylation is 2. The summed E-state index contributed by atoms with van der Waals surface area (Å²) in [5.41, 5.74) is 4.01. The first-order valence-electron chi connectivity index (χ1n) is 11.4. The van der Waals surface area contributed by atoms with Crippen LogP contribution in [0.5, 0.6) is 11.6 Å². The Hall–Kier alpha value is -5.18. The smallest absolute Gasteiger partial charge is 0.273 e. The fraction of sp³-hybridized carbons (Fsp3) is 0.0714. The Kier molecular flexibility index (Phi) is 6.02. The molecule has 4 N–H and O–H groups in total. The first-order valence-corrected chi connectivity index (χ1v) is 11.4. The summed E-state index contributed by atoms with van der Waals surface area (Å²) >= 11 is 0. The number of benzene rings is 3. The third kappa shape index (κ3) is 4.83. The van der Waals surface area contributed by atoms with E-state index in [1.165, 1.54) is 17.0 Å². The maximum Gasteiger partial charge on any atom is 0.273 e. The number of carbonyl (C=O) groups excluding carboxylic acids is 2. The first kappa shape index (κ1) is 23.6. The summed E-state index contributed by atoms with van der Waals surface area (Å²) in [6.45, 7) is 1.81. The lowest BCUT2D eigenvalue weighted by atomic mass is 10.0. The van der Waals surface area contributed by atoms with Crippen molar-refractivity contribution in [3.63, 3.8) is 0 Å². The van der Waals surface area contributed by atoms with E-state index in [0.29, 0.717) is 44.7 Å². The van der Waals surface area contributed by atoms with Crippen molar-refractivity contribution in [3.8, 4) is 11.6 Å². The van der Waals surface area contributed by atoms with E-state index < -0.39 is 0 Å². The molecule has 0 unspecified atom stereocenters. The number of rotatable bonds is 6. The number of amides is 1. The number of aromatic amines is 1. The highest BCUT2D eigenvalue weighted by Crippen LogP contribution is 2.28. The molecule has 37 heavy (non-hydrogen) atoms. The van der Waals surface area contributed by atoms with E-state index in [4.69, 9.17) is 0 Å². The van der Waals surface area contributed by atoms with Crippen molar-refractivity contribution in [2.24, 2.45) is 12.0 Å². The molecule has 3 aromatic carbocycles. The van der Waals surface area contributed by atoms with Crippen molar-refractivity contribution in [2.75, 3.05) is 5.32 Å². The van der Waals surface area contributed by atoms with E-state index in [1.807, 2.05) is 6.92 Å². The van der Waals surface area contributed by atoms with Crippen molar-refractivity contribution in [2.45, 2.75) is 6.92 Å². The van der Waals surface area contributed by atoms with Crippen LogP contribution in [-0.4, -0.2) is 42.9 Å². The van der Waals surface area contributed by atoms with Crippen LogP contribution in [0.4, 0.5) is 11.4 Å². The van der Waals surface area contributed by atoms with Gasteiger partial charge in [0.15, 0.2) is 11.7 Å². The molecule has 0 aliphatic carbocycles. The molecule has 0 spiro atoms. The summed E-state index contributed by atoms with van der Waals surface area (Å²) in [5, 5.41) is 27.7. The van der Waals surface area contributed by atoms with E-state index in [9.17, 15) is 19.8 Å². The van der Waals surface area contributed by atoms with Crippen molar-refractivity contribution in [1.29, 1.82) is 0 Å². The summed E-state index contributed by atoms with van der Waals surface area (Å²) in [5.74, 6) is -0.551.